The molecule has 24 valence electrons. The van der Waals surface area contributed by atoms with E-state index in [2.05, 4.69) is 0 Å². The van der Waals surface area contributed by atoms with E-state index in [4.69, 9.17) is 0 Å². The van der Waals surface area contributed by atoms with Gasteiger partial charge in [-0.15, -0.1) is 6.10 Å². The summed E-state index contributed by atoms with van der Waals surface area (Å²) < 4.78 is 0. The van der Waals surface area contributed by atoms with Gasteiger partial charge in [-0.05, 0) is 0 Å². The molecule has 1 heteroatoms. The summed E-state index contributed by atoms with van der Waals surface area (Å²) in [5.41, 5.74) is 0. The van der Waals surface area contributed by atoms with Crippen LogP contribution in [-0.2, 0) is 0 Å². The van der Waals surface area contributed by atoms with Gasteiger partial charge in [0.1, 0.15) is 0 Å². The largest absolute Gasteiger partial charge is 0.852 e. The van der Waals surface area contributed by atoms with Gasteiger partial charge in [0, 0.05) is 0 Å². The minimum atomic E-state index is -0.167. The van der Waals surface area contributed by atoms with E-state index >= 15 is 0 Å². The minimum Gasteiger partial charge on any atom is -0.852 e. The molecule has 0 atom stereocenters. The zero-order valence-corrected chi connectivity index (χ0v) is 2.40. The average molecular weight is 57.1 g/mol. The summed E-state index contributed by atoms with van der Waals surface area (Å²) >= 11 is 0. The Bertz CT molecular complexity index is 22.5. The summed E-state index contributed by atoms with van der Waals surface area (Å²) in [6.07, 6.45) is 1.69. The van der Waals surface area contributed by atoms with E-state index in [1.165, 1.54) is 0 Å². The second-order valence-electron chi connectivity index (χ2n) is 1.20. The van der Waals surface area contributed by atoms with Gasteiger partial charge < -0.3 is 5.11 Å². The standard InChI is InChI=1S/C3H5O/c4-3-1-2-3/h3H,1-2H2/q-1. The number of rotatable bonds is 0. The van der Waals surface area contributed by atoms with Crippen LogP contribution >= 0.6 is 0 Å². The SMILES string of the molecule is [O-]C1CC1. The lowest BCUT2D eigenvalue weighted by molar-refractivity contribution is -0.384. The van der Waals surface area contributed by atoms with Crippen LogP contribution in [0.1, 0.15) is 12.8 Å². The molecule has 1 saturated carbocycles. The van der Waals surface area contributed by atoms with Crippen LogP contribution in [0.25, 0.3) is 0 Å². The molecule has 1 nitrogen and oxygen atoms in total. The minimum absolute atomic E-state index is 0.167. The highest BCUT2D eigenvalue weighted by molar-refractivity contribution is 4.67. The van der Waals surface area contributed by atoms with Gasteiger partial charge in [0.25, 0.3) is 0 Å². The Hall–Kier alpha value is -0.0400. The summed E-state index contributed by atoms with van der Waals surface area (Å²) in [4.78, 5) is 0. The molecule has 1 fully saturated rings. The molecule has 1 aliphatic rings. The third-order valence-corrected chi connectivity index (χ3v) is 0.524. The lowest BCUT2D eigenvalue weighted by atomic mass is 10.9. The number of hydrogen-bond donors (Lipinski definition) is 0. The Morgan fingerprint density at radius 2 is 1.75 bits per heavy atom. The second-order valence-corrected chi connectivity index (χ2v) is 1.20. The van der Waals surface area contributed by atoms with Gasteiger partial charge in [0.05, 0.1) is 0 Å². The van der Waals surface area contributed by atoms with Crippen molar-refractivity contribution in [3.63, 3.8) is 0 Å². The Morgan fingerprint density at radius 1 is 1.50 bits per heavy atom. The topological polar surface area (TPSA) is 23.1 Å². The highest BCUT2D eigenvalue weighted by atomic mass is 16.3. The summed E-state index contributed by atoms with van der Waals surface area (Å²) in [5, 5.41) is 9.64. The molecule has 0 aromatic carbocycles. The molecule has 0 N–H and O–H groups in total. The highest BCUT2D eigenvalue weighted by Gasteiger charge is 2.04. The van der Waals surface area contributed by atoms with E-state index in [1.807, 2.05) is 0 Å². The van der Waals surface area contributed by atoms with E-state index in [0.29, 0.717) is 0 Å². The van der Waals surface area contributed by atoms with E-state index in [9.17, 15) is 5.11 Å². The van der Waals surface area contributed by atoms with Crippen LogP contribution in [0.5, 0.6) is 0 Å². The molecular weight excluding hydrogens is 52.0 g/mol. The van der Waals surface area contributed by atoms with E-state index in [-0.39, 0.29) is 6.10 Å². The fraction of sp³-hybridized carbons (Fsp3) is 1.00. The smallest absolute Gasteiger partial charge is 0.0669 e. The van der Waals surface area contributed by atoms with Crippen LogP contribution < -0.4 is 5.11 Å². The highest BCUT2D eigenvalue weighted by Crippen LogP contribution is 2.13. The van der Waals surface area contributed by atoms with E-state index < -0.39 is 0 Å². The molecule has 4 heavy (non-hydrogen) atoms. The number of hydrogen-bond acceptors (Lipinski definition) is 1. The molecule has 0 unspecified atom stereocenters. The quantitative estimate of drug-likeness (QED) is 0.368. The second kappa shape index (κ2) is 0.462. The van der Waals surface area contributed by atoms with Crippen LogP contribution in [0.15, 0.2) is 0 Å². The molecule has 0 aliphatic heterocycles. The molecule has 0 radical (unpaired) electrons. The van der Waals surface area contributed by atoms with Gasteiger partial charge in [-0.3, -0.25) is 0 Å². The molecule has 1 aliphatic carbocycles. The lowest BCUT2D eigenvalue weighted by Crippen LogP contribution is -2.03. The van der Waals surface area contributed by atoms with Crippen molar-refractivity contribution in [1.29, 1.82) is 0 Å². The first-order valence-electron chi connectivity index (χ1n) is 1.55. The Morgan fingerprint density at radius 3 is 1.75 bits per heavy atom. The van der Waals surface area contributed by atoms with Crippen LogP contribution in [0.4, 0.5) is 0 Å². The van der Waals surface area contributed by atoms with Crippen molar-refractivity contribution in [2.24, 2.45) is 0 Å². The molecule has 0 bridgehead atoms. The maximum Gasteiger partial charge on any atom is -0.0669 e. The molecule has 0 spiro atoms. The maximum absolute atomic E-state index is 9.64. The molecular formula is C3H5O-. The molecule has 0 aromatic heterocycles. The van der Waals surface area contributed by atoms with Gasteiger partial charge in [-0.2, -0.15) is 0 Å². The zero-order valence-electron chi connectivity index (χ0n) is 2.40. The van der Waals surface area contributed by atoms with Crippen molar-refractivity contribution in [1.82, 2.24) is 0 Å². The third-order valence-electron chi connectivity index (χ3n) is 0.524. The van der Waals surface area contributed by atoms with E-state index in [0.717, 1.165) is 12.8 Å². The van der Waals surface area contributed by atoms with Crippen molar-refractivity contribution in [3.8, 4) is 0 Å². The van der Waals surface area contributed by atoms with Crippen molar-refractivity contribution in [2.75, 3.05) is 0 Å². The first kappa shape index (κ1) is 2.21. The first-order chi connectivity index (χ1) is 1.89. The fourth-order valence-electron chi connectivity index (χ4n) is 0.0680. The van der Waals surface area contributed by atoms with Crippen LogP contribution in [0, 0.1) is 0 Å². The normalized spacial score (nSPS) is 26.2. The molecule has 0 heterocycles. The van der Waals surface area contributed by atoms with Crippen LogP contribution in [0.3, 0.4) is 0 Å². The first-order valence-corrected chi connectivity index (χ1v) is 1.55. The van der Waals surface area contributed by atoms with E-state index in [1.54, 1.807) is 0 Å². The monoisotopic (exact) mass is 57.0 g/mol. The average Bonchev–Trinajstić information content (AvgIpc) is 1.75. The van der Waals surface area contributed by atoms with Gasteiger partial charge in [-0.25, -0.2) is 0 Å². The summed E-state index contributed by atoms with van der Waals surface area (Å²) in [6, 6.07) is 0. The Kier molecular flexibility index (Phi) is 0.256. The van der Waals surface area contributed by atoms with Crippen LogP contribution in [0.2, 0.25) is 0 Å². The van der Waals surface area contributed by atoms with Crippen molar-refractivity contribution in [2.45, 2.75) is 18.9 Å². The Labute approximate surface area is 25.3 Å². The lowest BCUT2D eigenvalue weighted by Gasteiger charge is -1.85. The predicted octanol–water partition coefficient (Wildman–Crippen LogP) is -0.491. The summed E-state index contributed by atoms with van der Waals surface area (Å²) in [5.74, 6) is 0. The van der Waals surface area contributed by atoms with Gasteiger partial charge in [-0.1, -0.05) is 12.8 Å². The fourth-order valence-corrected chi connectivity index (χ4v) is 0.0680. The summed E-state index contributed by atoms with van der Waals surface area (Å²) in [7, 11) is 0. The van der Waals surface area contributed by atoms with Crippen molar-refractivity contribution >= 4 is 0 Å². The van der Waals surface area contributed by atoms with Crippen molar-refractivity contribution < 1.29 is 5.11 Å². The van der Waals surface area contributed by atoms with Crippen LogP contribution in [-0.4, -0.2) is 6.10 Å². The molecule has 0 saturated heterocycles. The summed E-state index contributed by atoms with van der Waals surface area (Å²) in [6.45, 7) is 0. The molecule has 0 amide bonds. The van der Waals surface area contributed by atoms with Crippen molar-refractivity contribution in [3.05, 3.63) is 0 Å². The third kappa shape index (κ3) is 0.206. The Balaban J connectivity index is 2.17. The molecule has 1 rings (SSSR count). The van der Waals surface area contributed by atoms with Gasteiger partial charge in [0.15, 0.2) is 0 Å². The zero-order chi connectivity index (χ0) is 2.99. The predicted molar refractivity (Wildman–Crippen MR) is 13.0 cm³/mol. The maximum atomic E-state index is 9.64. The van der Waals surface area contributed by atoms with Gasteiger partial charge in [0.2, 0.25) is 0 Å². The molecule has 0 aromatic rings. The van der Waals surface area contributed by atoms with Gasteiger partial charge >= 0.3 is 0 Å².